The minimum atomic E-state index is 1.11. The van der Waals surface area contributed by atoms with Crippen molar-refractivity contribution in [3.63, 3.8) is 0 Å². The lowest BCUT2D eigenvalue weighted by Gasteiger charge is -2.01. The molecule has 66 valence electrons. The van der Waals surface area contributed by atoms with Gasteiger partial charge in [-0.2, -0.15) is 0 Å². The summed E-state index contributed by atoms with van der Waals surface area (Å²) in [5.74, 6) is 0. The van der Waals surface area contributed by atoms with Crippen LogP contribution >= 0.6 is 22.6 Å². The van der Waals surface area contributed by atoms with Gasteiger partial charge >= 0.3 is 0 Å². The fourth-order valence-electron chi connectivity index (χ4n) is 1.49. The summed E-state index contributed by atoms with van der Waals surface area (Å²) >= 11 is 2.35. The Morgan fingerprint density at radius 2 is 1.69 bits per heavy atom. The topological polar surface area (TPSA) is 0 Å². The second kappa shape index (κ2) is 3.66. The molecule has 0 aliphatic rings. The van der Waals surface area contributed by atoms with E-state index >= 15 is 0 Å². The summed E-state index contributed by atoms with van der Waals surface area (Å²) in [5.41, 5.74) is 1.41. The Kier molecular flexibility index (Phi) is 2.54. The summed E-state index contributed by atoms with van der Waals surface area (Å²) < 4.78 is 1.30. The maximum absolute atomic E-state index is 2.35. The normalized spacial score (nSPS) is 10.6. The van der Waals surface area contributed by atoms with E-state index in [9.17, 15) is 0 Å². The highest BCUT2D eigenvalue weighted by atomic mass is 127. The smallest absolute Gasteiger partial charge is 0.0136 e. The molecule has 0 spiro atoms. The summed E-state index contributed by atoms with van der Waals surface area (Å²) in [7, 11) is 0. The molecule has 0 aliphatic carbocycles. The van der Waals surface area contributed by atoms with Crippen LogP contribution in [0.5, 0.6) is 0 Å². The number of hydrogen-bond donors (Lipinski definition) is 0. The molecule has 0 saturated carbocycles. The van der Waals surface area contributed by atoms with E-state index in [1.165, 1.54) is 19.9 Å². The van der Waals surface area contributed by atoms with E-state index in [1.54, 1.807) is 0 Å². The molecule has 0 aromatic heterocycles. The molecular weight excluding hydrogens is 271 g/mol. The van der Waals surface area contributed by atoms with Crippen molar-refractivity contribution in [2.45, 2.75) is 13.3 Å². The number of rotatable bonds is 1. The van der Waals surface area contributed by atoms with E-state index in [1.807, 2.05) is 0 Å². The molecule has 0 nitrogen and oxygen atoms in total. The van der Waals surface area contributed by atoms with Crippen LogP contribution in [0.1, 0.15) is 12.5 Å². The summed E-state index contributed by atoms with van der Waals surface area (Å²) in [6.45, 7) is 2.19. The fraction of sp³-hybridized carbons (Fsp3) is 0.167. The zero-order valence-electron chi connectivity index (χ0n) is 7.55. The first kappa shape index (κ1) is 9.00. The van der Waals surface area contributed by atoms with Crippen LogP contribution in [0.25, 0.3) is 10.8 Å². The maximum Gasteiger partial charge on any atom is 0.0136 e. The molecular formula is C12H11I. The van der Waals surface area contributed by atoms with Gasteiger partial charge in [0.25, 0.3) is 0 Å². The van der Waals surface area contributed by atoms with Crippen molar-refractivity contribution in [2.24, 2.45) is 0 Å². The average molecular weight is 282 g/mol. The Labute approximate surface area is 92.1 Å². The molecule has 0 amide bonds. The molecule has 2 aromatic carbocycles. The standard InChI is InChI=1S/C12H11I/c1-2-9-3-4-11-8-12(13)6-5-10(11)7-9/h3-8H,2H2,1H3. The molecule has 0 heterocycles. The Morgan fingerprint density at radius 1 is 1.00 bits per heavy atom. The van der Waals surface area contributed by atoms with E-state index in [2.05, 4.69) is 65.9 Å². The summed E-state index contributed by atoms with van der Waals surface area (Å²) in [5, 5.41) is 2.68. The lowest BCUT2D eigenvalue weighted by atomic mass is 10.1. The van der Waals surface area contributed by atoms with Gasteiger partial charge in [0.2, 0.25) is 0 Å². The van der Waals surface area contributed by atoms with Gasteiger partial charge in [0.05, 0.1) is 0 Å². The number of aryl methyl sites for hydroxylation is 1. The lowest BCUT2D eigenvalue weighted by molar-refractivity contribution is 1.15. The number of halogens is 1. The molecule has 2 rings (SSSR count). The van der Waals surface area contributed by atoms with Crippen LogP contribution < -0.4 is 0 Å². The molecule has 0 bridgehead atoms. The number of hydrogen-bond acceptors (Lipinski definition) is 0. The van der Waals surface area contributed by atoms with Crippen molar-refractivity contribution >= 4 is 33.4 Å². The average Bonchev–Trinajstić information content (AvgIpc) is 2.17. The quantitative estimate of drug-likeness (QED) is 0.693. The molecule has 0 unspecified atom stereocenters. The van der Waals surface area contributed by atoms with Gasteiger partial charge in [-0.05, 0) is 57.5 Å². The summed E-state index contributed by atoms with van der Waals surface area (Å²) in [4.78, 5) is 0. The van der Waals surface area contributed by atoms with Crippen LogP contribution in [0.15, 0.2) is 36.4 Å². The van der Waals surface area contributed by atoms with E-state index < -0.39 is 0 Å². The third kappa shape index (κ3) is 1.85. The van der Waals surface area contributed by atoms with Crippen LogP contribution in [0.3, 0.4) is 0 Å². The first-order valence-corrected chi connectivity index (χ1v) is 5.55. The van der Waals surface area contributed by atoms with Gasteiger partial charge < -0.3 is 0 Å². The molecule has 0 radical (unpaired) electrons. The molecule has 1 heteroatoms. The third-order valence-electron chi connectivity index (χ3n) is 2.27. The van der Waals surface area contributed by atoms with Gasteiger partial charge in [0, 0.05) is 3.57 Å². The van der Waals surface area contributed by atoms with Crippen LogP contribution in [-0.4, -0.2) is 0 Å². The zero-order chi connectivity index (χ0) is 9.26. The van der Waals surface area contributed by atoms with Gasteiger partial charge in [-0.25, -0.2) is 0 Å². The monoisotopic (exact) mass is 282 g/mol. The minimum Gasteiger partial charge on any atom is -0.0613 e. The van der Waals surface area contributed by atoms with E-state index in [4.69, 9.17) is 0 Å². The summed E-state index contributed by atoms with van der Waals surface area (Å²) in [6, 6.07) is 13.2. The zero-order valence-corrected chi connectivity index (χ0v) is 9.71. The maximum atomic E-state index is 2.35. The molecule has 2 aromatic rings. The Bertz CT molecular complexity index is 432. The molecule has 0 saturated heterocycles. The van der Waals surface area contributed by atoms with Crippen LogP contribution in [0, 0.1) is 3.57 Å². The molecule has 13 heavy (non-hydrogen) atoms. The van der Waals surface area contributed by atoms with Crippen molar-refractivity contribution in [3.05, 3.63) is 45.5 Å². The lowest BCUT2D eigenvalue weighted by Crippen LogP contribution is -1.80. The van der Waals surface area contributed by atoms with Gasteiger partial charge in [-0.1, -0.05) is 31.2 Å². The molecule has 0 atom stereocenters. The summed E-state index contributed by atoms with van der Waals surface area (Å²) in [6.07, 6.45) is 1.11. The van der Waals surface area contributed by atoms with Gasteiger partial charge in [0.1, 0.15) is 0 Å². The van der Waals surface area contributed by atoms with Crippen molar-refractivity contribution in [2.75, 3.05) is 0 Å². The van der Waals surface area contributed by atoms with Gasteiger partial charge in [-0.15, -0.1) is 0 Å². The van der Waals surface area contributed by atoms with E-state index in [0.29, 0.717) is 0 Å². The third-order valence-corrected chi connectivity index (χ3v) is 2.95. The van der Waals surface area contributed by atoms with E-state index in [0.717, 1.165) is 6.42 Å². The van der Waals surface area contributed by atoms with Crippen molar-refractivity contribution in [1.82, 2.24) is 0 Å². The van der Waals surface area contributed by atoms with Crippen LogP contribution in [-0.2, 0) is 6.42 Å². The highest BCUT2D eigenvalue weighted by molar-refractivity contribution is 14.1. The first-order chi connectivity index (χ1) is 6.29. The second-order valence-electron chi connectivity index (χ2n) is 3.18. The predicted octanol–water partition coefficient (Wildman–Crippen LogP) is 4.01. The Morgan fingerprint density at radius 3 is 2.46 bits per heavy atom. The second-order valence-corrected chi connectivity index (χ2v) is 4.43. The fourth-order valence-corrected chi connectivity index (χ4v) is 2.00. The molecule has 0 N–H and O–H groups in total. The van der Waals surface area contributed by atoms with Crippen molar-refractivity contribution in [3.8, 4) is 0 Å². The SMILES string of the molecule is CCc1ccc2cc(I)ccc2c1. The Balaban J connectivity index is 2.66. The first-order valence-electron chi connectivity index (χ1n) is 4.48. The Hall–Kier alpha value is -0.570. The van der Waals surface area contributed by atoms with Crippen molar-refractivity contribution < 1.29 is 0 Å². The van der Waals surface area contributed by atoms with Crippen molar-refractivity contribution in [1.29, 1.82) is 0 Å². The largest absolute Gasteiger partial charge is 0.0613 e. The number of fused-ring (bicyclic) bond motifs is 1. The van der Waals surface area contributed by atoms with Gasteiger partial charge in [-0.3, -0.25) is 0 Å². The van der Waals surface area contributed by atoms with E-state index in [-0.39, 0.29) is 0 Å². The number of benzene rings is 2. The van der Waals surface area contributed by atoms with Crippen LogP contribution in [0.4, 0.5) is 0 Å². The molecule has 0 aliphatic heterocycles. The minimum absolute atomic E-state index is 1.11. The highest BCUT2D eigenvalue weighted by Crippen LogP contribution is 2.19. The van der Waals surface area contributed by atoms with Gasteiger partial charge in [0.15, 0.2) is 0 Å². The highest BCUT2D eigenvalue weighted by Gasteiger charge is 1.95. The van der Waals surface area contributed by atoms with Crippen LogP contribution in [0.2, 0.25) is 0 Å². The molecule has 0 fully saturated rings. The predicted molar refractivity (Wildman–Crippen MR) is 66.0 cm³/mol.